The molecule has 0 atom stereocenters. The van der Waals surface area contributed by atoms with E-state index >= 15 is 0 Å². The van der Waals surface area contributed by atoms with Crippen LogP contribution in [0.3, 0.4) is 0 Å². The van der Waals surface area contributed by atoms with Crippen LogP contribution in [0, 0.1) is 6.92 Å². The molecule has 1 aliphatic carbocycles. The van der Waals surface area contributed by atoms with E-state index in [2.05, 4.69) is 41.8 Å². The molecule has 1 fully saturated rings. The number of amides is 1. The van der Waals surface area contributed by atoms with Crippen LogP contribution >= 0.6 is 0 Å². The zero-order valence-electron chi connectivity index (χ0n) is 12.6. The molecule has 0 aliphatic heterocycles. The zero-order chi connectivity index (χ0) is 14.4. The van der Waals surface area contributed by atoms with Gasteiger partial charge in [-0.25, -0.2) is 0 Å². The fraction of sp³-hybridized carbons (Fsp3) is 0.588. The van der Waals surface area contributed by atoms with E-state index in [0.717, 1.165) is 19.3 Å². The molecule has 0 heterocycles. The average molecular weight is 274 g/mol. The van der Waals surface area contributed by atoms with Crippen LogP contribution in [-0.4, -0.2) is 25.0 Å². The molecule has 2 rings (SSSR count). The predicted octanol–water partition coefficient (Wildman–Crippen LogP) is 2.57. The van der Waals surface area contributed by atoms with Crippen molar-refractivity contribution in [3.63, 3.8) is 0 Å². The Hall–Kier alpha value is -1.35. The van der Waals surface area contributed by atoms with Gasteiger partial charge in [0.05, 0.1) is 0 Å². The Kier molecular flexibility index (Phi) is 5.60. The molecule has 0 spiro atoms. The molecule has 0 radical (unpaired) electrons. The van der Waals surface area contributed by atoms with Crippen LogP contribution in [0.2, 0.25) is 0 Å². The van der Waals surface area contributed by atoms with Gasteiger partial charge in [-0.15, -0.1) is 0 Å². The van der Waals surface area contributed by atoms with E-state index in [1.165, 1.54) is 24.0 Å². The summed E-state index contributed by atoms with van der Waals surface area (Å²) in [5, 5.41) is 6.50. The van der Waals surface area contributed by atoms with Gasteiger partial charge in [0.15, 0.2) is 0 Å². The fourth-order valence-corrected chi connectivity index (χ4v) is 2.95. The number of benzene rings is 1. The van der Waals surface area contributed by atoms with E-state index in [-0.39, 0.29) is 5.91 Å². The van der Waals surface area contributed by atoms with Crippen LogP contribution in [-0.2, 0) is 11.2 Å². The van der Waals surface area contributed by atoms with Crippen molar-refractivity contribution in [2.24, 2.45) is 0 Å². The Morgan fingerprint density at radius 2 is 1.90 bits per heavy atom. The number of carbonyl (C=O) groups is 1. The number of carbonyl (C=O) groups excluding carboxylic acids is 1. The summed E-state index contributed by atoms with van der Waals surface area (Å²) < 4.78 is 0. The SMILES string of the molecule is CNC1CCC(NC(=O)CCc2cccc(C)c2)CC1. The normalized spacial score (nSPS) is 22.5. The van der Waals surface area contributed by atoms with Gasteiger partial charge in [0.1, 0.15) is 0 Å². The minimum Gasteiger partial charge on any atom is -0.353 e. The molecule has 3 nitrogen and oxygen atoms in total. The zero-order valence-corrected chi connectivity index (χ0v) is 12.6. The molecule has 0 aromatic heterocycles. The van der Waals surface area contributed by atoms with Gasteiger partial charge in [-0.1, -0.05) is 29.8 Å². The first kappa shape index (κ1) is 15.0. The molecule has 20 heavy (non-hydrogen) atoms. The van der Waals surface area contributed by atoms with Gasteiger partial charge < -0.3 is 10.6 Å². The van der Waals surface area contributed by atoms with Gasteiger partial charge in [0.25, 0.3) is 0 Å². The van der Waals surface area contributed by atoms with Crippen molar-refractivity contribution in [1.29, 1.82) is 0 Å². The highest BCUT2D eigenvalue weighted by molar-refractivity contribution is 5.76. The van der Waals surface area contributed by atoms with E-state index in [1.807, 2.05) is 7.05 Å². The summed E-state index contributed by atoms with van der Waals surface area (Å²) in [7, 11) is 2.02. The minimum atomic E-state index is 0.194. The predicted molar refractivity (Wildman–Crippen MR) is 82.7 cm³/mol. The van der Waals surface area contributed by atoms with Gasteiger partial charge in [-0.05, 0) is 51.6 Å². The number of aryl methyl sites for hydroxylation is 2. The molecule has 1 aliphatic rings. The summed E-state index contributed by atoms with van der Waals surface area (Å²) in [6.07, 6.45) is 5.96. The highest BCUT2D eigenvalue weighted by atomic mass is 16.1. The molecule has 0 saturated heterocycles. The Balaban J connectivity index is 1.71. The molecule has 0 bridgehead atoms. The molecule has 110 valence electrons. The van der Waals surface area contributed by atoms with Crippen molar-refractivity contribution < 1.29 is 4.79 Å². The van der Waals surface area contributed by atoms with Gasteiger partial charge in [-0.3, -0.25) is 4.79 Å². The molecule has 2 N–H and O–H groups in total. The van der Waals surface area contributed by atoms with E-state index in [1.54, 1.807) is 0 Å². The summed E-state index contributed by atoms with van der Waals surface area (Å²) in [5.41, 5.74) is 2.51. The van der Waals surface area contributed by atoms with Crippen molar-refractivity contribution in [1.82, 2.24) is 10.6 Å². The second kappa shape index (κ2) is 7.44. The quantitative estimate of drug-likeness (QED) is 0.866. The van der Waals surface area contributed by atoms with Crippen LogP contribution in [0.5, 0.6) is 0 Å². The minimum absolute atomic E-state index is 0.194. The topological polar surface area (TPSA) is 41.1 Å². The number of hydrogen-bond donors (Lipinski definition) is 2. The number of nitrogens with one attached hydrogen (secondary N) is 2. The molecule has 1 aromatic carbocycles. The van der Waals surface area contributed by atoms with E-state index in [0.29, 0.717) is 18.5 Å². The van der Waals surface area contributed by atoms with Crippen molar-refractivity contribution in [3.8, 4) is 0 Å². The first-order valence-electron chi connectivity index (χ1n) is 7.69. The Labute approximate surface area is 122 Å². The van der Waals surface area contributed by atoms with Crippen molar-refractivity contribution in [2.45, 2.75) is 57.5 Å². The summed E-state index contributed by atoms with van der Waals surface area (Å²) in [6, 6.07) is 9.41. The smallest absolute Gasteiger partial charge is 0.220 e. The lowest BCUT2D eigenvalue weighted by Gasteiger charge is -2.28. The van der Waals surface area contributed by atoms with Crippen LogP contribution in [0.15, 0.2) is 24.3 Å². The van der Waals surface area contributed by atoms with Crippen LogP contribution in [0.25, 0.3) is 0 Å². The van der Waals surface area contributed by atoms with Gasteiger partial charge in [-0.2, -0.15) is 0 Å². The highest BCUT2D eigenvalue weighted by Gasteiger charge is 2.20. The van der Waals surface area contributed by atoms with Gasteiger partial charge >= 0.3 is 0 Å². The van der Waals surface area contributed by atoms with Crippen LogP contribution in [0.1, 0.15) is 43.2 Å². The molecule has 3 heteroatoms. The summed E-state index contributed by atoms with van der Waals surface area (Å²) in [5.74, 6) is 0.194. The molecule has 0 unspecified atom stereocenters. The van der Waals surface area contributed by atoms with Crippen molar-refractivity contribution >= 4 is 5.91 Å². The highest BCUT2D eigenvalue weighted by Crippen LogP contribution is 2.18. The molecular formula is C17H26N2O. The largest absolute Gasteiger partial charge is 0.353 e. The van der Waals surface area contributed by atoms with Gasteiger partial charge in [0.2, 0.25) is 5.91 Å². The standard InChI is InChI=1S/C17H26N2O/c1-13-4-3-5-14(12-13)6-11-17(20)19-16-9-7-15(18-2)8-10-16/h3-5,12,15-16,18H,6-11H2,1-2H3,(H,19,20). The Bertz CT molecular complexity index is 436. The lowest BCUT2D eigenvalue weighted by atomic mass is 9.91. The lowest BCUT2D eigenvalue weighted by molar-refractivity contribution is -0.122. The van der Waals surface area contributed by atoms with E-state index < -0.39 is 0 Å². The summed E-state index contributed by atoms with van der Waals surface area (Å²) in [6.45, 7) is 2.09. The summed E-state index contributed by atoms with van der Waals surface area (Å²) in [4.78, 5) is 12.0. The summed E-state index contributed by atoms with van der Waals surface area (Å²) >= 11 is 0. The first-order chi connectivity index (χ1) is 9.67. The van der Waals surface area contributed by atoms with E-state index in [9.17, 15) is 4.79 Å². The number of rotatable bonds is 5. The van der Waals surface area contributed by atoms with Crippen molar-refractivity contribution in [3.05, 3.63) is 35.4 Å². The second-order valence-corrected chi connectivity index (χ2v) is 5.89. The third-order valence-electron chi connectivity index (χ3n) is 4.22. The third kappa shape index (κ3) is 4.64. The third-order valence-corrected chi connectivity index (χ3v) is 4.22. The molecule has 1 saturated carbocycles. The maximum atomic E-state index is 12.0. The van der Waals surface area contributed by atoms with Crippen LogP contribution in [0.4, 0.5) is 0 Å². The first-order valence-corrected chi connectivity index (χ1v) is 7.69. The fourth-order valence-electron chi connectivity index (χ4n) is 2.95. The van der Waals surface area contributed by atoms with Crippen molar-refractivity contribution in [2.75, 3.05) is 7.05 Å². The maximum absolute atomic E-state index is 12.0. The van der Waals surface area contributed by atoms with E-state index in [4.69, 9.17) is 0 Å². The molecular weight excluding hydrogens is 248 g/mol. The second-order valence-electron chi connectivity index (χ2n) is 5.89. The number of hydrogen-bond acceptors (Lipinski definition) is 2. The maximum Gasteiger partial charge on any atom is 0.220 e. The Morgan fingerprint density at radius 1 is 1.20 bits per heavy atom. The molecule has 1 aromatic rings. The monoisotopic (exact) mass is 274 g/mol. The van der Waals surface area contributed by atoms with Crippen LogP contribution < -0.4 is 10.6 Å². The lowest BCUT2D eigenvalue weighted by Crippen LogP contribution is -2.41. The van der Waals surface area contributed by atoms with Gasteiger partial charge in [0, 0.05) is 18.5 Å². The molecule has 1 amide bonds. The average Bonchev–Trinajstić information content (AvgIpc) is 2.46. The Morgan fingerprint density at radius 3 is 2.55 bits per heavy atom.